The molecule has 7 aromatic rings. The third-order valence-electron chi connectivity index (χ3n) is 18.4. The number of piperazine rings is 1. The van der Waals surface area contributed by atoms with Crippen molar-refractivity contribution in [2.45, 2.75) is 107 Å². The van der Waals surface area contributed by atoms with Crippen LogP contribution in [0.3, 0.4) is 0 Å². The number of benzene rings is 3. The minimum atomic E-state index is -1.92. The number of phenolic OH excluding ortho intramolecular Hbond substituents is 1. The highest BCUT2D eigenvalue weighted by molar-refractivity contribution is 6.03. The first-order valence-electron chi connectivity index (χ1n) is 27.5. The lowest BCUT2D eigenvalue weighted by atomic mass is 9.85. The van der Waals surface area contributed by atoms with E-state index >= 15 is 8.78 Å². The zero-order valence-corrected chi connectivity index (χ0v) is 44.3. The Bertz CT molecular complexity index is 4020. The first-order chi connectivity index (χ1) is 38.6. The summed E-state index contributed by atoms with van der Waals surface area (Å²) in [5.41, 5.74) is 3.94. The van der Waals surface area contributed by atoms with Crippen molar-refractivity contribution in [2.75, 3.05) is 56.2 Å². The average molecular weight is 1080 g/mol. The highest BCUT2D eigenvalue weighted by atomic mass is 19.1. The number of fused-ring (bicyclic) bond motifs is 10. The van der Waals surface area contributed by atoms with Gasteiger partial charge in [0.1, 0.15) is 48.0 Å². The van der Waals surface area contributed by atoms with Crippen LogP contribution < -0.4 is 20.1 Å². The van der Waals surface area contributed by atoms with E-state index in [9.17, 15) is 29.0 Å². The molecule has 4 saturated heterocycles. The number of hydrogen-bond acceptors (Lipinski definition) is 14. The summed E-state index contributed by atoms with van der Waals surface area (Å²) < 4.78 is 61.0. The SMILES string of the molecule is C#Cc1c(F)ccc2cc(O)cc(-c3ncc4c(N5CC6CCC(C5)N6C(=O)C(=C)CN(C)c5ccc6nc7c(c8c6c5CCC8)Cn5c-7cc6c(c5=O)COC(=O)C6(O)CC)nc(OCC56CCCN5CC(F)C6)nc4c3F)c12. The van der Waals surface area contributed by atoms with Crippen molar-refractivity contribution < 1.29 is 42.4 Å². The number of ether oxygens (including phenoxy) is 2. The van der Waals surface area contributed by atoms with Crippen molar-refractivity contribution in [1.29, 1.82) is 0 Å². The minimum absolute atomic E-state index is 0.0542. The van der Waals surface area contributed by atoms with Gasteiger partial charge in [0.2, 0.25) is 0 Å². The zero-order valence-electron chi connectivity index (χ0n) is 44.3. The lowest BCUT2D eigenvalue weighted by Gasteiger charge is -2.42. The van der Waals surface area contributed by atoms with E-state index in [0.29, 0.717) is 73.6 Å². The molecule has 14 rings (SSSR count). The Balaban J connectivity index is 0.750. The second-order valence-corrected chi connectivity index (χ2v) is 22.8. The molecule has 10 heterocycles. The molecule has 7 aliphatic rings. The van der Waals surface area contributed by atoms with Crippen LogP contribution in [0, 0.1) is 24.0 Å². The molecule has 0 radical (unpaired) electrons. The summed E-state index contributed by atoms with van der Waals surface area (Å²) in [5, 5.41) is 24.1. The molecule has 1 aliphatic carbocycles. The number of anilines is 2. The van der Waals surface area contributed by atoms with Crippen molar-refractivity contribution in [3.05, 3.63) is 116 Å². The normalized spacial score (nSPS) is 23.5. The highest BCUT2D eigenvalue weighted by Gasteiger charge is 2.50. The largest absolute Gasteiger partial charge is 0.508 e. The van der Waals surface area contributed by atoms with Crippen LogP contribution in [0.4, 0.5) is 24.7 Å². The molecule has 6 aliphatic heterocycles. The summed E-state index contributed by atoms with van der Waals surface area (Å²) in [7, 11) is 1.95. The van der Waals surface area contributed by atoms with Gasteiger partial charge in [0.25, 0.3) is 11.5 Å². The second-order valence-electron chi connectivity index (χ2n) is 22.8. The minimum Gasteiger partial charge on any atom is -0.508 e. The Morgan fingerprint density at radius 3 is 2.58 bits per heavy atom. The predicted octanol–water partition coefficient (Wildman–Crippen LogP) is 7.52. The number of phenols is 1. The molecule has 19 heteroatoms. The van der Waals surface area contributed by atoms with Crippen molar-refractivity contribution in [3.8, 4) is 46.7 Å². The molecule has 3 aromatic carbocycles. The first-order valence-corrected chi connectivity index (χ1v) is 27.5. The molecular formula is C61H56F3N9O7. The van der Waals surface area contributed by atoms with Crippen LogP contribution in [0.15, 0.2) is 65.6 Å². The van der Waals surface area contributed by atoms with Gasteiger partial charge in [-0.05, 0) is 111 Å². The number of alkyl halides is 1. The number of aliphatic hydroxyl groups is 1. The van der Waals surface area contributed by atoms with Crippen LogP contribution in [0.5, 0.6) is 11.8 Å². The standard InChI is InChI=1S/C61H56F3N9O7/c1-5-37-45(63)14-11-32-19-36(74)20-40(49(32)37)53-51(64)54-41(23-65-53)55(68-59(67-54)80-30-60-17-8-18-71(60)25-33(62)22-60)70-26-34-12-13-35(27-70)73(34)56(75)31(3)24-69(4)47-16-15-46-50-38(9-7-10-39(47)50)42-28-72-48(52(42)66-46)21-44-43(57(72)76)29-79-58(77)61(44,78)6-2/h1,11,14-16,19-21,23,33-35,74,78H,3,6-10,12-13,17-18,22,24-30H2,2,4H3. The number of halogens is 3. The number of likely N-dealkylation sites (N-methyl/N-ethyl adjacent to an activating group) is 1. The van der Waals surface area contributed by atoms with Crippen molar-refractivity contribution >= 4 is 56.0 Å². The lowest BCUT2D eigenvalue weighted by molar-refractivity contribution is -0.172. The second kappa shape index (κ2) is 18.2. The van der Waals surface area contributed by atoms with Crippen molar-refractivity contribution in [2.24, 2.45) is 0 Å². The van der Waals surface area contributed by atoms with Gasteiger partial charge < -0.3 is 39.0 Å². The van der Waals surface area contributed by atoms with Crippen LogP contribution in [0.25, 0.3) is 55.2 Å². The number of carbonyl (C=O) groups is 2. The smallest absolute Gasteiger partial charge is 0.343 e. The lowest BCUT2D eigenvalue weighted by Crippen LogP contribution is -2.56. The van der Waals surface area contributed by atoms with Crippen LogP contribution in [-0.2, 0) is 45.9 Å². The highest BCUT2D eigenvalue weighted by Crippen LogP contribution is 2.46. The van der Waals surface area contributed by atoms with E-state index in [1.807, 2.05) is 29.0 Å². The molecule has 408 valence electrons. The average Bonchev–Trinajstić information content (AvgIpc) is 4.21. The summed E-state index contributed by atoms with van der Waals surface area (Å²) in [4.78, 5) is 69.0. The third kappa shape index (κ3) is 7.40. The van der Waals surface area contributed by atoms with E-state index in [0.717, 1.165) is 71.9 Å². The molecule has 4 aromatic heterocycles. The maximum atomic E-state index is 17.5. The number of aryl methyl sites for hydroxylation is 2. The Kier molecular flexibility index (Phi) is 11.4. The summed E-state index contributed by atoms with van der Waals surface area (Å²) in [6.07, 6.45) is 12.1. The number of esters is 1. The van der Waals surface area contributed by atoms with Gasteiger partial charge in [0, 0.05) is 84.6 Å². The number of amides is 1. The fourth-order valence-electron chi connectivity index (χ4n) is 14.6. The monoisotopic (exact) mass is 1080 g/mol. The van der Waals surface area contributed by atoms with Crippen molar-refractivity contribution in [3.63, 3.8) is 0 Å². The van der Waals surface area contributed by atoms with E-state index in [2.05, 4.69) is 32.3 Å². The molecule has 2 bridgehead atoms. The molecule has 0 saturated carbocycles. The number of aromatic hydroxyl groups is 1. The number of pyridine rings is 3. The molecule has 0 spiro atoms. The number of aromatic nitrogens is 5. The van der Waals surface area contributed by atoms with Crippen LogP contribution in [0.2, 0.25) is 0 Å². The van der Waals surface area contributed by atoms with Gasteiger partial charge in [-0.15, -0.1) is 6.42 Å². The van der Waals surface area contributed by atoms with Gasteiger partial charge in [-0.25, -0.2) is 22.9 Å². The molecule has 5 atom stereocenters. The Hall–Kier alpha value is -8.08. The first kappa shape index (κ1) is 50.2. The summed E-state index contributed by atoms with van der Waals surface area (Å²) >= 11 is 0. The fourth-order valence-corrected chi connectivity index (χ4v) is 14.6. The van der Waals surface area contributed by atoms with Gasteiger partial charge in [-0.1, -0.05) is 25.5 Å². The van der Waals surface area contributed by atoms with Gasteiger partial charge >= 0.3 is 12.0 Å². The van der Waals surface area contributed by atoms with E-state index in [4.69, 9.17) is 25.9 Å². The van der Waals surface area contributed by atoms with Crippen LogP contribution in [0.1, 0.15) is 85.3 Å². The van der Waals surface area contributed by atoms with Gasteiger partial charge in [0.05, 0.1) is 57.6 Å². The molecule has 4 fully saturated rings. The van der Waals surface area contributed by atoms with Crippen molar-refractivity contribution in [1.82, 2.24) is 34.3 Å². The molecule has 5 unspecified atom stereocenters. The van der Waals surface area contributed by atoms with E-state index in [-0.39, 0.29) is 106 Å². The number of terminal acetylenes is 1. The summed E-state index contributed by atoms with van der Waals surface area (Å²) in [5.74, 6) is 0.0550. The summed E-state index contributed by atoms with van der Waals surface area (Å²) in [6, 6.07) is 10.5. The van der Waals surface area contributed by atoms with Crippen LogP contribution >= 0.6 is 0 Å². The molecular weight excluding hydrogens is 1030 g/mol. The maximum Gasteiger partial charge on any atom is 0.343 e. The molecule has 80 heavy (non-hydrogen) atoms. The number of hydrogen-bond donors (Lipinski definition) is 2. The number of carbonyl (C=O) groups excluding carboxylic acids is 2. The van der Waals surface area contributed by atoms with E-state index in [1.54, 1.807) is 17.6 Å². The summed E-state index contributed by atoms with van der Waals surface area (Å²) in [6.45, 7) is 8.25. The molecule has 2 N–H and O–H groups in total. The van der Waals surface area contributed by atoms with Gasteiger partial charge in [-0.2, -0.15) is 9.97 Å². The number of cyclic esters (lactones) is 1. The zero-order chi connectivity index (χ0) is 55.3. The van der Waals surface area contributed by atoms with Crippen LogP contribution in [-0.4, -0.2) is 127 Å². The number of nitrogens with zero attached hydrogens (tertiary/aromatic N) is 9. The topological polar surface area (TPSA) is 180 Å². The Labute approximate surface area is 457 Å². The Morgan fingerprint density at radius 1 is 0.988 bits per heavy atom. The quantitative estimate of drug-likeness (QED) is 0.0780. The van der Waals surface area contributed by atoms with E-state index < -0.39 is 34.9 Å². The van der Waals surface area contributed by atoms with Gasteiger partial charge in [0.15, 0.2) is 11.4 Å². The van der Waals surface area contributed by atoms with E-state index in [1.165, 1.54) is 30.5 Å². The molecule has 1 amide bonds. The Morgan fingerprint density at radius 2 is 1.79 bits per heavy atom. The fraction of sp³-hybridized carbons (Fsp3) is 0.393. The number of rotatable bonds is 10. The maximum absolute atomic E-state index is 17.5. The third-order valence-corrected chi connectivity index (χ3v) is 18.4. The predicted molar refractivity (Wildman–Crippen MR) is 293 cm³/mol. The van der Waals surface area contributed by atoms with Gasteiger partial charge in [-0.3, -0.25) is 19.5 Å². The molecule has 16 nitrogen and oxygen atoms in total.